The maximum absolute atomic E-state index is 13.0. The molecule has 0 aliphatic carbocycles. The average Bonchev–Trinajstić information content (AvgIpc) is 3.43. The fourth-order valence-electron chi connectivity index (χ4n) is 3.65. The van der Waals surface area contributed by atoms with Crippen molar-refractivity contribution in [3.63, 3.8) is 0 Å². The van der Waals surface area contributed by atoms with Crippen LogP contribution in [-0.2, 0) is 0 Å². The summed E-state index contributed by atoms with van der Waals surface area (Å²) in [6.45, 7) is 1.35. The van der Waals surface area contributed by atoms with Crippen LogP contribution in [-0.4, -0.2) is 49.1 Å². The van der Waals surface area contributed by atoms with Crippen LogP contribution in [0.1, 0.15) is 35.0 Å². The predicted octanol–water partition coefficient (Wildman–Crippen LogP) is 2.82. The van der Waals surface area contributed by atoms with Gasteiger partial charge in [0.1, 0.15) is 11.8 Å². The molecule has 1 aliphatic heterocycles. The molecule has 8 heteroatoms. The average molecular weight is 374 g/mol. The number of oxazole rings is 1. The highest BCUT2D eigenvalue weighted by molar-refractivity contribution is 5.94. The second kappa shape index (κ2) is 6.88. The van der Waals surface area contributed by atoms with E-state index in [0.29, 0.717) is 18.0 Å². The SMILES string of the molecule is O=C(c1ccc(-n2cnnn2)cc1)N1CCCC(c2nc3ccccc3o2)C1. The van der Waals surface area contributed by atoms with Gasteiger partial charge in [0.2, 0.25) is 0 Å². The summed E-state index contributed by atoms with van der Waals surface area (Å²) < 4.78 is 7.48. The summed E-state index contributed by atoms with van der Waals surface area (Å²) in [4.78, 5) is 19.5. The van der Waals surface area contributed by atoms with Crippen molar-refractivity contribution in [1.82, 2.24) is 30.1 Å². The number of fused-ring (bicyclic) bond motifs is 1. The summed E-state index contributed by atoms with van der Waals surface area (Å²) >= 11 is 0. The van der Waals surface area contributed by atoms with Crippen LogP contribution in [0.15, 0.2) is 59.3 Å². The Bertz CT molecular complexity index is 1070. The Kier molecular flexibility index (Phi) is 4.08. The first-order valence-corrected chi connectivity index (χ1v) is 9.26. The van der Waals surface area contributed by atoms with Gasteiger partial charge < -0.3 is 9.32 Å². The Hall–Kier alpha value is -3.55. The van der Waals surface area contributed by atoms with Gasteiger partial charge >= 0.3 is 0 Å². The van der Waals surface area contributed by atoms with Crippen molar-refractivity contribution in [1.29, 1.82) is 0 Å². The molecule has 4 aromatic rings. The van der Waals surface area contributed by atoms with Crippen molar-refractivity contribution >= 4 is 17.0 Å². The number of carbonyl (C=O) groups is 1. The third-order valence-corrected chi connectivity index (χ3v) is 5.10. The monoisotopic (exact) mass is 374 g/mol. The number of para-hydroxylation sites is 2. The zero-order valence-electron chi connectivity index (χ0n) is 15.1. The van der Waals surface area contributed by atoms with Crippen molar-refractivity contribution in [2.45, 2.75) is 18.8 Å². The van der Waals surface area contributed by atoms with Crippen LogP contribution in [0.3, 0.4) is 0 Å². The van der Waals surface area contributed by atoms with Crippen LogP contribution < -0.4 is 0 Å². The van der Waals surface area contributed by atoms with Gasteiger partial charge in [0.05, 0.1) is 11.6 Å². The van der Waals surface area contributed by atoms with Crippen molar-refractivity contribution in [3.8, 4) is 5.69 Å². The highest BCUT2D eigenvalue weighted by Gasteiger charge is 2.28. The van der Waals surface area contributed by atoms with Crippen molar-refractivity contribution < 1.29 is 9.21 Å². The van der Waals surface area contributed by atoms with E-state index < -0.39 is 0 Å². The molecule has 28 heavy (non-hydrogen) atoms. The summed E-state index contributed by atoms with van der Waals surface area (Å²) in [5.41, 5.74) is 3.11. The predicted molar refractivity (Wildman–Crippen MR) is 101 cm³/mol. The van der Waals surface area contributed by atoms with E-state index in [4.69, 9.17) is 4.42 Å². The molecular formula is C20H18N6O2. The van der Waals surface area contributed by atoms with E-state index in [-0.39, 0.29) is 11.8 Å². The molecule has 3 heterocycles. The number of amides is 1. The first-order chi connectivity index (χ1) is 13.8. The number of carbonyl (C=O) groups excluding carboxylic acids is 1. The molecule has 2 aromatic carbocycles. The Morgan fingerprint density at radius 3 is 2.75 bits per heavy atom. The number of aromatic nitrogens is 5. The number of rotatable bonds is 3. The Morgan fingerprint density at radius 2 is 1.96 bits per heavy atom. The molecule has 0 N–H and O–H groups in total. The van der Waals surface area contributed by atoms with Crippen LogP contribution in [0.4, 0.5) is 0 Å². The molecule has 0 radical (unpaired) electrons. The summed E-state index contributed by atoms with van der Waals surface area (Å²) in [6, 6.07) is 15.0. The number of piperidine rings is 1. The maximum atomic E-state index is 13.0. The number of hydrogen-bond donors (Lipinski definition) is 0. The number of nitrogens with zero attached hydrogens (tertiary/aromatic N) is 6. The molecule has 8 nitrogen and oxygen atoms in total. The van der Waals surface area contributed by atoms with E-state index in [2.05, 4.69) is 20.5 Å². The van der Waals surface area contributed by atoms with Gasteiger partial charge in [-0.05, 0) is 59.7 Å². The summed E-state index contributed by atoms with van der Waals surface area (Å²) in [5, 5.41) is 11.1. The van der Waals surface area contributed by atoms with E-state index in [0.717, 1.165) is 36.2 Å². The smallest absolute Gasteiger partial charge is 0.253 e. The number of tetrazole rings is 1. The molecule has 1 aliphatic rings. The molecule has 1 unspecified atom stereocenters. The quantitative estimate of drug-likeness (QED) is 0.548. The lowest BCUT2D eigenvalue weighted by Gasteiger charge is -2.31. The van der Waals surface area contributed by atoms with Crippen LogP contribution in [0, 0.1) is 0 Å². The van der Waals surface area contributed by atoms with Gasteiger partial charge in [-0.3, -0.25) is 4.79 Å². The van der Waals surface area contributed by atoms with Crippen LogP contribution in [0.2, 0.25) is 0 Å². The molecule has 1 saturated heterocycles. The first-order valence-electron chi connectivity index (χ1n) is 9.26. The lowest BCUT2D eigenvalue weighted by atomic mass is 9.97. The molecule has 1 atom stereocenters. The van der Waals surface area contributed by atoms with Crippen LogP contribution in [0.25, 0.3) is 16.8 Å². The van der Waals surface area contributed by atoms with E-state index in [1.54, 1.807) is 4.68 Å². The van der Waals surface area contributed by atoms with Gasteiger partial charge in [-0.2, -0.15) is 0 Å². The second-order valence-corrected chi connectivity index (χ2v) is 6.91. The van der Waals surface area contributed by atoms with Gasteiger partial charge in [0, 0.05) is 18.7 Å². The normalized spacial score (nSPS) is 17.1. The van der Waals surface area contributed by atoms with Crippen LogP contribution in [0.5, 0.6) is 0 Å². The highest BCUT2D eigenvalue weighted by atomic mass is 16.3. The van der Waals surface area contributed by atoms with Crippen molar-refractivity contribution in [2.24, 2.45) is 0 Å². The Labute approximate surface area is 160 Å². The zero-order chi connectivity index (χ0) is 18.9. The Morgan fingerprint density at radius 1 is 1.11 bits per heavy atom. The number of likely N-dealkylation sites (tertiary alicyclic amines) is 1. The molecule has 0 saturated carbocycles. The summed E-state index contributed by atoms with van der Waals surface area (Å²) in [7, 11) is 0. The van der Waals surface area contributed by atoms with E-state index in [1.165, 1.54) is 6.33 Å². The summed E-state index contributed by atoms with van der Waals surface area (Å²) in [5.74, 6) is 0.849. The number of hydrogen-bond acceptors (Lipinski definition) is 6. The highest BCUT2D eigenvalue weighted by Crippen LogP contribution is 2.29. The van der Waals surface area contributed by atoms with Gasteiger partial charge in [-0.25, -0.2) is 9.67 Å². The minimum atomic E-state index is 0.0177. The molecule has 0 spiro atoms. The minimum Gasteiger partial charge on any atom is -0.440 e. The van der Waals surface area contributed by atoms with Crippen molar-refractivity contribution in [2.75, 3.05) is 13.1 Å². The van der Waals surface area contributed by atoms with Gasteiger partial charge in [-0.15, -0.1) is 5.10 Å². The number of benzene rings is 2. The third-order valence-electron chi connectivity index (χ3n) is 5.10. The van der Waals surface area contributed by atoms with Gasteiger partial charge in [0.15, 0.2) is 11.5 Å². The Balaban J connectivity index is 1.33. The molecule has 140 valence electrons. The van der Waals surface area contributed by atoms with E-state index >= 15 is 0 Å². The molecule has 0 bridgehead atoms. The van der Waals surface area contributed by atoms with Gasteiger partial charge in [0.25, 0.3) is 5.91 Å². The molecule has 2 aromatic heterocycles. The van der Waals surface area contributed by atoms with E-state index in [1.807, 2.05) is 53.4 Å². The summed E-state index contributed by atoms with van der Waals surface area (Å²) in [6.07, 6.45) is 3.42. The lowest BCUT2D eigenvalue weighted by Crippen LogP contribution is -2.39. The van der Waals surface area contributed by atoms with Crippen LogP contribution >= 0.6 is 0 Å². The molecule has 1 fully saturated rings. The lowest BCUT2D eigenvalue weighted by molar-refractivity contribution is 0.0699. The molecule has 5 rings (SSSR count). The standard InChI is InChI=1S/C20H18N6O2/c27-20(14-7-9-16(10-8-14)26-13-21-23-24-26)25-11-3-4-15(12-25)19-22-17-5-1-2-6-18(17)28-19/h1-2,5-10,13,15H,3-4,11-12H2. The molecule has 1 amide bonds. The van der Waals surface area contributed by atoms with Gasteiger partial charge in [-0.1, -0.05) is 12.1 Å². The third kappa shape index (κ3) is 3.02. The van der Waals surface area contributed by atoms with Crippen molar-refractivity contribution in [3.05, 3.63) is 66.3 Å². The zero-order valence-corrected chi connectivity index (χ0v) is 15.1. The second-order valence-electron chi connectivity index (χ2n) is 6.91. The fourth-order valence-corrected chi connectivity index (χ4v) is 3.65. The first kappa shape index (κ1) is 16.6. The molecular weight excluding hydrogens is 356 g/mol. The maximum Gasteiger partial charge on any atom is 0.253 e. The topological polar surface area (TPSA) is 89.9 Å². The largest absolute Gasteiger partial charge is 0.440 e. The fraction of sp³-hybridized carbons (Fsp3) is 0.250. The van der Waals surface area contributed by atoms with E-state index in [9.17, 15) is 4.79 Å². The minimum absolute atomic E-state index is 0.0177.